The van der Waals surface area contributed by atoms with E-state index in [0.717, 1.165) is 32.3 Å². The van der Waals surface area contributed by atoms with Gasteiger partial charge in [0.25, 0.3) is 0 Å². The van der Waals surface area contributed by atoms with Crippen LogP contribution in [-0.4, -0.2) is 31.2 Å². The third kappa shape index (κ3) is 5.49. The molecule has 2 amide bonds. The van der Waals surface area contributed by atoms with Gasteiger partial charge in [0.15, 0.2) is 0 Å². The predicted molar refractivity (Wildman–Crippen MR) is 161 cm³/mol. The molecule has 0 spiro atoms. The van der Waals surface area contributed by atoms with Gasteiger partial charge >= 0.3 is 6.09 Å². The Hall–Kier alpha value is -4.42. The summed E-state index contributed by atoms with van der Waals surface area (Å²) in [6, 6.07) is 33.9. The van der Waals surface area contributed by atoms with Crippen molar-refractivity contribution >= 4 is 33.4 Å². The van der Waals surface area contributed by atoms with Gasteiger partial charge in [-0.2, -0.15) is 0 Å². The van der Waals surface area contributed by atoms with E-state index in [9.17, 15) is 9.59 Å². The molecule has 6 rings (SSSR count). The normalized spacial score (nSPS) is 12.9. The van der Waals surface area contributed by atoms with E-state index in [1.807, 2.05) is 66.7 Å². The number of ether oxygens (including phenoxy) is 1. The second kappa shape index (κ2) is 11.8. The molecule has 5 aromatic rings. The van der Waals surface area contributed by atoms with Gasteiger partial charge in [-0.15, -0.1) is 11.3 Å². The first kappa shape index (κ1) is 25.8. The SMILES string of the molecule is O=C(N[C@@H](Cc1csc2ccccc12)C(=O)NCCc1ccccc1)OCC1c2ccccc2-c2ccccc21. The summed E-state index contributed by atoms with van der Waals surface area (Å²) in [4.78, 5) is 26.5. The lowest BCUT2D eigenvalue weighted by Crippen LogP contribution is -2.48. The number of amides is 2. The van der Waals surface area contributed by atoms with Crippen LogP contribution in [0.15, 0.2) is 109 Å². The highest BCUT2D eigenvalue weighted by molar-refractivity contribution is 7.17. The first-order valence-electron chi connectivity index (χ1n) is 13.6. The molecular weight excluding hydrogens is 516 g/mol. The summed E-state index contributed by atoms with van der Waals surface area (Å²) in [7, 11) is 0. The van der Waals surface area contributed by atoms with Crippen molar-refractivity contribution in [3.8, 4) is 11.1 Å². The number of alkyl carbamates (subject to hydrolysis) is 1. The third-order valence-electron chi connectivity index (χ3n) is 7.49. The van der Waals surface area contributed by atoms with Gasteiger partial charge in [0.2, 0.25) is 5.91 Å². The first-order chi connectivity index (χ1) is 19.7. The van der Waals surface area contributed by atoms with E-state index >= 15 is 0 Å². The molecule has 6 heteroatoms. The van der Waals surface area contributed by atoms with Crippen LogP contribution in [0.4, 0.5) is 4.79 Å². The largest absolute Gasteiger partial charge is 0.449 e. The molecule has 0 radical (unpaired) electrons. The van der Waals surface area contributed by atoms with Crippen LogP contribution in [0.1, 0.15) is 28.2 Å². The Morgan fingerprint density at radius 2 is 1.45 bits per heavy atom. The molecule has 0 bridgehead atoms. The van der Waals surface area contributed by atoms with E-state index in [4.69, 9.17) is 4.74 Å². The van der Waals surface area contributed by atoms with Crippen molar-refractivity contribution in [3.63, 3.8) is 0 Å². The number of hydrogen-bond donors (Lipinski definition) is 2. The van der Waals surface area contributed by atoms with Gasteiger partial charge in [0.1, 0.15) is 12.6 Å². The second-order valence-corrected chi connectivity index (χ2v) is 10.9. The zero-order chi connectivity index (χ0) is 27.3. The molecule has 5 nitrogen and oxygen atoms in total. The van der Waals surface area contributed by atoms with Crippen molar-refractivity contribution in [1.82, 2.24) is 10.6 Å². The van der Waals surface area contributed by atoms with Gasteiger partial charge in [-0.3, -0.25) is 4.79 Å². The van der Waals surface area contributed by atoms with Crippen LogP contribution in [0.3, 0.4) is 0 Å². The average molecular weight is 547 g/mol. The number of nitrogens with one attached hydrogen (secondary N) is 2. The number of rotatable bonds is 9. The fourth-order valence-electron chi connectivity index (χ4n) is 5.50. The maximum atomic E-state index is 13.3. The lowest BCUT2D eigenvalue weighted by Gasteiger charge is -2.20. The topological polar surface area (TPSA) is 67.4 Å². The van der Waals surface area contributed by atoms with Crippen LogP contribution in [-0.2, 0) is 22.4 Å². The van der Waals surface area contributed by atoms with Crippen molar-refractivity contribution < 1.29 is 14.3 Å². The minimum atomic E-state index is -0.760. The highest BCUT2D eigenvalue weighted by Crippen LogP contribution is 2.44. The maximum Gasteiger partial charge on any atom is 0.407 e. The molecule has 0 saturated carbocycles. The average Bonchev–Trinajstić information content (AvgIpc) is 3.55. The lowest BCUT2D eigenvalue weighted by atomic mass is 9.98. The highest BCUT2D eigenvalue weighted by Gasteiger charge is 2.30. The van der Waals surface area contributed by atoms with Crippen LogP contribution >= 0.6 is 11.3 Å². The number of carbonyl (C=O) groups excluding carboxylic acids is 2. The standard InChI is InChI=1S/C34H30N2O3S/c37-33(35-19-18-23-10-2-1-3-11-23)31(20-24-22-40-32-17-9-8-12-25(24)32)36-34(38)39-21-30-28-15-6-4-13-26(28)27-14-5-7-16-29(27)30/h1-17,22,30-31H,18-21H2,(H,35,37)(H,36,38)/t31-/m0/s1. The summed E-state index contributed by atoms with van der Waals surface area (Å²) in [5, 5.41) is 9.05. The van der Waals surface area contributed by atoms with Gasteiger partial charge in [-0.25, -0.2) is 4.79 Å². The van der Waals surface area contributed by atoms with E-state index in [1.54, 1.807) is 11.3 Å². The Balaban J connectivity index is 1.15. The number of benzene rings is 4. The summed E-state index contributed by atoms with van der Waals surface area (Å²) in [6.07, 6.45) is 0.501. The molecule has 40 heavy (non-hydrogen) atoms. The molecule has 0 unspecified atom stereocenters. The van der Waals surface area contributed by atoms with Gasteiger partial charge in [-0.05, 0) is 56.6 Å². The number of thiophene rings is 1. The summed E-state index contributed by atoms with van der Waals surface area (Å²) in [6.45, 7) is 0.680. The number of fused-ring (bicyclic) bond motifs is 4. The Morgan fingerprint density at radius 1 is 0.800 bits per heavy atom. The van der Waals surface area contributed by atoms with Crippen LogP contribution < -0.4 is 10.6 Å². The van der Waals surface area contributed by atoms with Gasteiger partial charge in [0, 0.05) is 23.6 Å². The summed E-state index contributed by atoms with van der Waals surface area (Å²) >= 11 is 1.64. The molecule has 1 heterocycles. The molecule has 2 N–H and O–H groups in total. The van der Waals surface area contributed by atoms with E-state index in [2.05, 4.69) is 52.4 Å². The molecule has 0 aliphatic heterocycles. The summed E-state index contributed by atoms with van der Waals surface area (Å²) < 4.78 is 6.93. The van der Waals surface area contributed by atoms with E-state index < -0.39 is 12.1 Å². The number of carbonyl (C=O) groups is 2. The Morgan fingerprint density at radius 3 is 2.20 bits per heavy atom. The molecule has 1 atom stereocenters. The lowest BCUT2D eigenvalue weighted by molar-refractivity contribution is -0.123. The van der Waals surface area contributed by atoms with Crippen molar-refractivity contribution in [1.29, 1.82) is 0 Å². The van der Waals surface area contributed by atoms with Crippen LogP contribution in [0.2, 0.25) is 0 Å². The van der Waals surface area contributed by atoms with Crippen molar-refractivity contribution in [3.05, 3.63) is 131 Å². The predicted octanol–water partition coefficient (Wildman–Crippen LogP) is 6.71. The fraction of sp³-hybridized carbons (Fsp3) is 0.176. The zero-order valence-corrected chi connectivity index (χ0v) is 22.8. The number of hydrogen-bond acceptors (Lipinski definition) is 4. The van der Waals surface area contributed by atoms with E-state index in [0.29, 0.717) is 19.4 Å². The summed E-state index contributed by atoms with van der Waals surface area (Å²) in [5.74, 6) is -0.267. The van der Waals surface area contributed by atoms with Crippen LogP contribution in [0.5, 0.6) is 0 Å². The van der Waals surface area contributed by atoms with Crippen LogP contribution in [0.25, 0.3) is 21.2 Å². The Bertz CT molecular complexity index is 1600. The van der Waals surface area contributed by atoms with Gasteiger partial charge in [0.05, 0.1) is 0 Å². The van der Waals surface area contributed by atoms with Crippen LogP contribution in [0, 0.1) is 0 Å². The molecule has 1 aliphatic rings. The van der Waals surface area contributed by atoms with Crippen molar-refractivity contribution in [2.45, 2.75) is 24.8 Å². The Labute approximate surface area is 237 Å². The first-order valence-corrected chi connectivity index (χ1v) is 14.4. The molecule has 0 saturated heterocycles. The molecule has 1 aromatic heterocycles. The molecule has 1 aliphatic carbocycles. The smallest absolute Gasteiger partial charge is 0.407 e. The minimum Gasteiger partial charge on any atom is -0.449 e. The zero-order valence-electron chi connectivity index (χ0n) is 22.0. The quantitative estimate of drug-likeness (QED) is 0.216. The highest BCUT2D eigenvalue weighted by atomic mass is 32.1. The van der Waals surface area contributed by atoms with E-state index in [1.165, 1.54) is 11.1 Å². The molecular formula is C34H30N2O3S. The summed E-state index contributed by atoms with van der Waals surface area (Å²) in [5.41, 5.74) is 6.82. The molecule has 4 aromatic carbocycles. The van der Waals surface area contributed by atoms with Crippen molar-refractivity contribution in [2.24, 2.45) is 0 Å². The van der Waals surface area contributed by atoms with Gasteiger partial charge < -0.3 is 15.4 Å². The molecule has 200 valence electrons. The van der Waals surface area contributed by atoms with E-state index in [-0.39, 0.29) is 18.4 Å². The fourth-order valence-corrected chi connectivity index (χ4v) is 6.48. The monoisotopic (exact) mass is 546 g/mol. The maximum absolute atomic E-state index is 13.3. The Kier molecular flexibility index (Phi) is 7.60. The minimum absolute atomic E-state index is 0.0443. The van der Waals surface area contributed by atoms with Gasteiger partial charge in [-0.1, -0.05) is 97.1 Å². The molecule has 0 fully saturated rings. The second-order valence-electron chi connectivity index (χ2n) is 10.0. The third-order valence-corrected chi connectivity index (χ3v) is 8.51. The van der Waals surface area contributed by atoms with Crippen molar-refractivity contribution in [2.75, 3.05) is 13.2 Å².